The molecule has 2 heterocycles. The minimum atomic E-state index is -1.05. The molecule has 2 N–H and O–H groups in total. The second-order valence-electron chi connectivity index (χ2n) is 7.95. The molecule has 1 aromatic carbocycles. The van der Waals surface area contributed by atoms with Crippen molar-refractivity contribution in [2.75, 3.05) is 11.9 Å². The van der Waals surface area contributed by atoms with Gasteiger partial charge in [0.25, 0.3) is 0 Å². The summed E-state index contributed by atoms with van der Waals surface area (Å²) in [7, 11) is 0. The van der Waals surface area contributed by atoms with E-state index >= 15 is 0 Å². The van der Waals surface area contributed by atoms with Crippen LogP contribution in [0.2, 0.25) is 0 Å². The first kappa shape index (κ1) is 23.4. The number of esters is 1. The number of carbonyl (C=O) groups excluding carboxylic acids is 3. The van der Waals surface area contributed by atoms with Gasteiger partial charge in [-0.15, -0.1) is 11.3 Å². The van der Waals surface area contributed by atoms with Gasteiger partial charge < -0.3 is 14.5 Å². The Balaban J connectivity index is 1.48. The minimum Gasteiger partial charge on any atom is -0.463 e. The maximum Gasteiger partial charge on any atom is 0.341 e. The molecule has 2 aromatic heterocycles. The molecule has 2 amide bonds. The number of hydrogen-bond donors (Lipinski definition) is 2. The van der Waals surface area contributed by atoms with Gasteiger partial charge in [0.05, 0.1) is 29.3 Å². The lowest BCUT2D eigenvalue weighted by molar-refractivity contribution is -0.136. The van der Waals surface area contributed by atoms with E-state index in [9.17, 15) is 19.2 Å². The van der Waals surface area contributed by atoms with Crippen LogP contribution in [-0.4, -0.2) is 30.6 Å². The van der Waals surface area contributed by atoms with Crippen molar-refractivity contribution in [2.45, 2.75) is 33.1 Å². The van der Waals surface area contributed by atoms with E-state index in [0.717, 1.165) is 29.5 Å². The number of ether oxygens (including phenoxy) is 1. The van der Waals surface area contributed by atoms with Crippen LogP contribution in [-0.2, 0) is 27.2 Å². The zero-order valence-corrected chi connectivity index (χ0v) is 19.5. The number of thiophene rings is 1. The van der Waals surface area contributed by atoms with Crippen LogP contribution >= 0.6 is 11.3 Å². The lowest BCUT2D eigenvalue weighted by Crippen LogP contribution is -2.32. The summed E-state index contributed by atoms with van der Waals surface area (Å²) >= 11 is 1.28. The molecule has 1 aliphatic carbocycles. The van der Waals surface area contributed by atoms with Crippen LogP contribution in [0.25, 0.3) is 11.0 Å². The van der Waals surface area contributed by atoms with Crippen LogP contribution < -0.4 is 16.2 Å². The molecule has 0 fully saturated rings. The highest BCUT2D eigenvalue weighted by Gasteiger charge is 2.30. The van der Waals surface area contributed by atoms with Gasteiger partial charge in [-0.1, -0.05) is 19.1 Å². The molecular formula is C24H23N3O6S. The van der Waals surface area contributed by atoms with Crippen LogP contribution in [0, 0.1) is 5.92 Å². The molecule has 34 heavy (non-hydrogen) atoms. The monoisotopic (exact) mass is 481 g/mol. The smallest absolute Gasteiger partial charge is 0.341 e. The summed E-state index contributed by atoms with van der Waals surface area (Å²) in [5.41, 5.74) is 3.51. The summed E-state index contributed by atoms with van der Waals surface area (Å²) in [4.78, 5) is 50.8. The van der Waals surface area contributed by atoms with E-state index in [-0.39, 0.29) is 22.6 Å². The highest BCUT2D eigenvalue weighted by atomic mass is 32.1. The molecule has 176 valence electrons. The number of nitrogens with one attached hydrogen (secondary N) is 2. The average Bonchev–Trinajstić information content (AvgIpc) is 3.17. The van der Waals surface area contributed by atoms with Crippen molar-refractivity contribution >= 4 is 51.3 Å². The van der Waals surface area contributed by atoms with Crippen molar-refractivity contribution in [3.8, 4) is 0 Å². The zero-order chi connectivity index (χ0) is 24.2. The van der Waals surface area contributed by atoms with Crippen molar-refractivity contribution in [3.63, 3.8) is 0 Å². The van der Waals surface area contributed by atoms with E-state index in [1.54, 1.807) is 31.2 Å². The van der Waals surface area contributed by atoms with E-state index in [1.165, 1.54) is 17.6 Å². The summed E-state index contributed by atoms with van der Waals surface area (Å²) in [5, 5.41) is 6.88. The second kappa shape index (κ2) is 10.0. The molecular weight excluding hydrogens is 458 g/mol. The lowest BCUT2D eigenvalue weighted by atomic mass is 9.88. The summed E-state index contributed by atoms with van der Waals surface area (Å²) in [5.74, 6) is -2.09. The van der Waals surface area contributed by atoms with E-state index in [1.807, 2.05) is 0 Å². The molecule has 0 saturated carbocycles. The van der Waals surface area contributed by atoms with Gasteiger partial charge in [-0.2, -0.15) is 5.10 Å². The Morgan fingerprint density at radius 2 is 2.06 bits per heavy atom. The van der Waals surface area contributed by atoms with Gasteiger partial charge in [0.2, 0.25) is 5.43 Å². The number of hydrogen-bond acceptors (Lipinski definition) is 8. The molecule has 9 nitrogen and oxygen atoms in total. The molecule has 1 atom stereocenters. The fourth-order valence-electron chi connectivity index (χ4n) is 3.81. The Bertz CT molecular complexity index is 1360. The van der Waals surface area contributed by atoms with Gasteiger partial charge in [-0.3, -0.25) is 14.4 Å². The third-order valence-electron chi connectivity index (χ3n) is 5.50. The number of nitrogens with zero attached hydrogens (tertiary/aromatic N) is 1. The molecule has 0 unspecified atom stereocenters. The zero-order valence-electron chi connectivity index (χ0n) is 18.7. The number of hydrazone groups is 1. The van der Waals surface area contributed by atoms with Crippen molar-refractivity contribution in [1.82, 2.24) is 5.43 Å². The van der Waals surface area contributed by atoms with E-state index in [2.05, 4.69) is 22.8 Å². The first-order chi connectivity index (χ1) is 16.4. The Labute approximate surface area is 198 Å². The van der Waals surface area contributed by atoms with Gasteiger partial charge in [-0.25, -0.2) is 10.2 Å². The molecule has 10 heteroatoms. The maximum absolute atomic E-state index is 12.6. The normalized spacial score (nSPS) is 15.2. The number of benzene rings is 1. The van der Waals surface area contributed by atoms with Crippen LogP contribution in [0.5, 0.6) is 0 Å². The van der Waals surface area contributed by atoms with E-state index < -0.39 is 17.8 Å². The lowest BCUT2D eigenvalue weighted by Gasteiger charge is -2.18. The number of fused-ring (bicyclic) bond motifs is 2. The highest BCUT2D eigenvalue weighted by molar-refractivity contribution is 7.17. The van der Waals surface area contributed by atoms with Crippen LogP contribution in [0.4, 0.5) is 5.00 Å². The molecule has 0 bridgehead atoms. The third kappa shape index (κ3) is 4.76. The van der Waals surface area contributed by atoms with Crippen LogP contribution in [0.15, 0.2) is 44.8 Å². The van der Waals surface area contributed by atoms with Gasteiger partial charge in [0.1, 0.15) is 16.8 Å². The Hall–Kier alpha value is -3.79. The standard InChI is InChI=1S/C24H23N3O6S/c1-3-32-24(31)19-16-9-8-13(2)10-18(16)34-23(19)26-21(29)22(30)27-25-11-14-12-33-17-7-5-4-6-15(17)20(14)28/h4-7,11-13H,3,8-10H2,1-2H3,(H,26,29)(H,27,30)/b25-11-/t13-/m0/s1. The number of carbonyl (C=O) groups is 3. The third-order valence-corrected chi connectivity index (χ3v) is 6.67. The Morgan fingerprint density at radius 3 is 2.85 bits per heavy atom. The van der Waals surface area contributed by atoms with Crippen LogP contribution in [0.1, 0.15) is 46.6 Å². The molecule has 0 spiro atoms. The van der Waals surface area contributed by atoms with Gasteiger partial charge in [0.15, 0.2) is 0 Å². The number of para-hydroxylation sites is 1. The fourth-order valence-corrected chi connectivity index (χ4v) is 5.21. The van der Waals surface area contributed by atoms with E-state index in [4.69, 9.17) is 9.15 Å². The summed E-state index contributed by atoms with van der Waals surface area (Å²) < 4.78 is 10.6. The molecule has 1 aliphatic rings. The molecule has 0 radical (unpaired) electrons. The average molecular weight is 482 g/mol. The van der Waals surface area contributed by atoms with Crippen LogP contribution in [0.3, 0.4) is 0 Å². The Morgan fingerprint density at radius 1 is 1.26 bits per heavy atom. The molecule has 0 aliphatic heterocycles. The van der Waals surface area contributed by atoms with Crippen molar-refractivity contribution in [1.29, 1.82) is 0 Å². The SMILES string of the molecule is CCOC(=O)c1c(NC(=O)C(=O)N/N=C\c2coc3ccccc3c2=O)sc2c1CC[C@H](C)C2. The minimum absolute atomic E-state index is 0.115. The number of anilines is 1. The van der Waals surface area contributed by atoms with Crippen molar-refractivity contribution < 1.29 is 23.5 Å². The van der Waals surface area contributed by atoms with E-state index in [0.29, 0.717) is 28.9 Å². The predicted octanol–water partition coefficient (Wildman–Crippen LogP) is 3.24. The predicted molar refractivity (Wildman–Crippen MR) is 128 cm³/mol. The maximum atomic E-state index is 12.6. The van der Waals surface area contributed by atoms with Crippen molar-refractivity contribution in [2.24, 2.45) is 11.0 Å². The first-order valence-corrected chi connectivity index (χ1v) is 11.7. The van der Waals surface area contributed by atoms with Gasteiger partial charge >= 0.3 is 17.8 Å². The van der Waals surface area contributed by atoms with Crippen molar-refractivity contribution in [3.05, 3.63) is 62.3 Å². The topological polar surface area (TPSA) is 127 Å². The molecule has 0 saturated heterocycles. The summed E-state index contributed by atoms with van der Waals surface area (Å²) in [6.45, 7) is 4.04. The number of rotatable bonds is 5. The Kier molecular flexibility index (Phi) is 6.87. The fraction of sp³-hybridized carbons (Fsp3) is 0.292. The van der Waals surface area contributed by atoms with Gasteiger partial charge in [0, 0.05) is 4.88 Å². The quantitative estimate of drug-likeness (QED) is 0.249. The first-order valence-electron chi connectivity index (χ1n) is 10.9. The second-order valence-corrected chi connectivity index (χ2v) is 9.05. The summed E-state index contributed by atoms with van der Waals surface area (Å²) in [6, 6.07) is 6.74. The molecule has 4 rings (SSSR count). The number of amides is 2. The summed E-state index contributed by atoms with van der Waals surface area (Å²) in [6.07, 6.45) is 4.78. The largest absolute Gasteiger partial charge is 0.463 e. The van der Waals surface area contributed by atoms with Gasteiger partial charge in [-0.05, 0) is 49.8 Å². The molecule has 3 aromatic rings. The highest BCUT2D eigenvalue weighted by Crippen LogP contribution is 2.40.